The molecule has 1 unspecified atom stereocenters. The van der Waals surface area contributed by atoms with Crippen LogP contribution in [-0.4, -0.2) is 46.7 Å². The number of hydrogen-bond donors (Lipinski definition) is 0. The Morgan fingerprint density at radius 2 is 1.69 bits per heavy atom. The minimum absolute atomic E-state index is 0.00809. The number of nitrogens with zero attached hydrogens (tertiary/aromatic N) is 4. The van der Waals surface area contributed by atoms with Gasteiger partial charge in [-0.3, -0.25) is 4.79 Å². The predicted molar refractivity (Wildman–Crippen MR) is 118 cm³/mol. The van der Waals surface area contributed by atoms with E-state index in [1.807, 2.05) is 42.5 Å². The Labute approximate surface area is 184 Å². The van der Waals surface area contributed by atoms with Crippen LogP contribution in [0.25, 0.3) is 17.2 Å². The highest BCUT2D eigenvalue weighted by molar-refractivity contribution is 5.98. The molecule has 0 N–H and O–H groups in total. The molecule has 0 radical (unpaired) electrons. The number of aromatic nitrogens is 4. The molecule has 1 aliphatic rings. The van der Waals surface area contributed by atoms with Crippen molar-refractivity contribution in [2.24, 2.45) is 0 Å². The van der Waals surface area contributed by atoms with Crippen molar-refractivity contribution in [1.82, 2.24) is 19.6 Å². The monoisotopic (exact) mass is 430 g/mol. The molecule has 0 aliphatic heterocycles. The van der Waals surface area contributed by atoms with Gasteiger partial charge in [0.1, 0.15) is 5.75 Å². The third kappa shape index (κ3) is 3.43. The summed E-state index contributed by atoms with van der Waals surface area (Å²) in [6.45, 7) is 0. The van der Waals surface area contributed by atoms with Crippen LogP contribution in [0.5, 0.6) is 17.2 Å². The van der Waals surface area contributed by atoms with Crippen LogP contribution in [0, 0.1) is 0 Å². The van der Waals surface area contributed by atoms with Gasteiger partial charge in [-0.15, -0.1) is 5.10 Å². The summed E-state index contributed by atoms with van der Waals surface area (Å²) in [4.78, 5) is 22.2. The number of carbonyl (C=O) groups is 1. The molecule has 0 amide bonds. The van der Waals surface area contributed by atoms with E-state index >= 15 is 0 Å². The lowest BCUT2D eigenvalue weighted by atomic mass is 9.82. The van der Waals surface area contributed by atoms with Gasteiger partial charge in [0.25, 0.3) is 5.78 Å². The van der Waals surface area contributed by atoms with E-state index in [-0.39, 0.29) is 11.7 Å². The lowest BCUT2D eigenvalue weighted by Gasteiger charge is -2.23. The maximum absolute atomic E-state index is 13.0. The highest BCUT2D eigenvalue weighted by Crippen LogP contribution is 2.36. The van der Waals surface area contributed by atoms with Gasteiger partial charge in [0.2, 0.25) is 0 Å². The molecule has 8 nitrogen and oxygen atoms in total. The van der Waals surface area contributed by atoms with E-state index in [1.54, 1.807) is 32.0 Å². The van der Waals surface area contributed by atoms with Gasteiger partial charge in [-0.1, -0.05) is 6.07 Å². The van der Waals surface area contributed by atoms with Crippen LogP contribution in [0.3, 0.4) is 0 Å². The molecule has 8 heteroatoms. The zero-order valence-corrected chi connectivity index (χ0v) is 18.0. The van der Waals surface area contributed by atoms with Crippen molar-refractivity contribution in [2.75, 3.05) is 21.3 Å². The molecular formula is C24H22N4O4. The van der Waals surface area contributed by atoms with Gasteiger partial charge >= 0.3 is 0 Å². The highest BCUT2D eigenvalue weighted by atomic mass is 16.5. The molecule has 0 saturated heterocycles. The Bertz CT molecular complexity index is 1310. The third-order valence-corrected chi connectivity index (χ3v) is 5.81. The van der Waals surface area contributed by atoms with E-state index in [0.29, 0.717) is 41.5 Å². The number of Topliss-reactive ketones (excluding diaryl/α,β-unsaturated/α-hetero) is 1. The zero-order valence-electron chi connectivity index (χ0n) is 18.0. The maximum Gasteiger partial charge on any atom is 0.252 e. The Morgan fingerprint density at radius 3 is 2.41 bits per heavy atom. The lowest BCUT2D eigenvalue weighted by Crippen LogP contribution is -2.21. The topological polar surface area (TPSA) is 87.8 Å². The van der Waals surface area contributed by atoms with Crippen LogP contribution in [0.1, 0.15) is 34.0 Å². The summed E-state index contributed by atoms with van der Waals surface area (Å²) < 4.78 is 17.5. The van der Waals surface area contributed by atoms with E-state index in [2.05, 4.69) is 15.1 Å². The van der Waals surface area contributed by atoms with Crippen LogP contribution in [0.2, 0.25) is 0 Å². The second-order valence-corrected chi connectivity index (χ2v) is 7.65. The van der Waals surface area contributed by atoms with Gasteiger partial charge < -0.3 is 14.2 Å². The SMILES string of the molecule is COc1ccc(-c2nc3nc4c(cn3n2)C(=O)CC(c2ccc(OC)c(OC)c2)C4)cc1. The second-order valence-electron chi connectivity index (χ2n) is 7.65. The number of ketones is 1. The number of rotatable bonds is 5. The predicted octanol–water partition coefficient (Wildman–Crippen LogP) is 3.73. The molecule has 0 spiro atoms. The van der Waals surface area contributed by atoms with E-state index in [9.17, 15) is 4.79 Å². The number of benzene rings is 2. The standard InChI is InChI=1S/C24H22N4O4/c1-30-17-7-4-14(5-8-17)23-26-24-25-19-10-16(11-20(29)18(19)13-28(24)27-23)15-6-9-21(31-2)22(12-15)32-3/h4-9,12-13,16H,10-11H2,1-3H3. The molecule has 1 aliphatic carbocycles. The summed E-state index contributed by atoms with van der Waals surface area (Å²) in [5, 5.41) is 4.52. The maximum atomic E-state index is 13.0. The molecular weight excluding hydrogens is 408 g/mol. The quantitative estimate of drug-likeness (QED) is 0.477. The van der Waals surface area contributed by atoms with Crippen LogP contribution >= 0.6 is 0 Å². The molecule has 162 valence electrons. The highest BCUT2D eigenvalue weighted by Gasteiger charge is 2.29. The zero-order chi connectivity index (χ0) is 22.2. The van der Waals surface area contributed by atoms with Gasteiger partial charge in [-0.05, 0) is 54.3 Å². The number of ether oxygens (including phenoxy) is 3. The average molecular weight is 430 g/mol. The van der Waals surface area contributed by atoms with Crippen LogP contribution in [-0.2, 0) is 6.42 Å². The van der Waals surface area contributed by atoms with Crippen LogP contribution in [0.4, 0.5) is 0 Å². The van der Waals surface area contributed by atoms with E-state index in [0.717, 1.165) is 22.6 Å². The van der Waals surface area contributed by atoms with Gasteiger partial charge in [0.15, 0.2) is 23.1 Å². The Kier molecular flexibility index (Phi) is 4.97. The Hall–Kier alpha value is -3.94. The number of carbonyl (C=O) groups excluding carboxylic acids is 1. The molecule has 0 saturated carbocycles. The Balaban J connectivity index is 1.49. The van der Waals surface area contributed by atoms with E-state index in [4.69, 9.17) is 14.2 Å². The van der Waals surface area contributed by atoms with Gasteiger partial charge in [0.05, 0.1) is 32.6 Å². The summed E-state index contributed by atoms with van der Waals surface area (Å²) >= 11 is 0. The first-order valence-electron chi connectivity index (χ1n) is 10.3. The van der Waals surface area contributed by atoms with Crippen molar-refractivity contribution in [3.63, 3.8) is 0 Å². The van der Waals surface area contributed by atoms with Crippen molar-refractivity contribution < 1.29 is 19.0 Å². The number of methoxy groups -OCH3 is 3. The first kappa shape index (κ1) is 20.0. The van der Waals surface area contributed by atoms with Crippen molar-refractivity contribution in [1.29, 1.82) is 0 Å². The fourth-order valence-corrected chi connectivity index (χ4v) is 4.09. The van der Waals surface area contributed by atoms with Crippen molar-refractivity contribution in [3.05, 3.63) is 65.5 Å². The fourth-order valence-electron chi connectivity index (χ4n) is 4.09. The molecule has 0 fully saturated rings. The largest absolute Gasteiger partial charge is 0.497 e. The average Bonchev–Trinajstić information content (AvgIpc) is 3.25. The van der Waals surface area contributed by atoms with E-state index in [1.165, 1.54) is 0 Å². The minimum Gasteiger partial charge on any atom is -0.497 e. The lowest BCUT2D eigenvalue weighted by molar-refractivity contribution is 0.0962. The smallest absolute Gasteiger partial charge is 0.252 e. The van der Waals surface area contributed by atoms with Gasteiger partial charge in [-0.25, -0.2) is 9.50 Å². The molecule has 1 atom stereocenters. The van der Waals surface area contributed by atoms with Crippen molar-refractivity contribution in [3.8, 4) is 28.6 Å². The second kappa shape index (κ2) is 7.96. The van der Waals surface area contributed by atoms with Gasteiger partial charge in [-0.2, -0.15) is 4.98 Å². The molecule has 32 heavy (non-hydrogen) atoms. The molecule has 4 aromatic rings. The summed E-state index contributed by atoms with van der Waals surface area (Å²) in [5.41, 5.74) is 3.20. The summed E-state index contributed by atoms with van der Waals surface area (Å²) in [5.74, 6) is 3.14. The fraction of sp³-hybridized carbons (Fsp3) is 0.250. The first-order chi connectivity index (χ1) is 15.6. The van der Waals surface area contributed by atoms with Crippen LogP contribution in [0.15, 0.2) is 48.7 Å². The summed E-state index contributed by atoms with van der Waals surface area (Å²) in [7, 11) is 4.83. The molecule has 5 rings (SSSR count). The minimum atomic E-state index is 0.00809. The number of hydrogen-bond acceptors (Lipinski definition) is 7. The molecule has 2 heterocycles. The molecule has 2 aromatic heterocycles. The Morgan fingerprint density at radius 1 is 0.906 bits per heavy atom. The first-order valence-corrected chi connectivity index (χ1v) is 10.3. The third-order valence-electron chi connectivity index (χ3n) is 5.81. The summed E-state index contributed by atoms with van der Waals surface area (Å²) in [6, 6.07) is 13.3. The normalized spacial score (nSPS) is 15.5. The van der Waals surface area contributed by atoms with Gasteiger partial charge in [0, 0.05) is 18.2 Å². The van der Waals surface area contributed by atoms with Crippen LogP contribution < -0.4 is 14.2 Å². The molecule has 2 aromatic carbocycles. The summed E-state index contributed by atoms with van der Waals surface area (Å²) in [6.07, 6.45) is 2.78. The van der Waals surface area contributed by atoms with Crippen molar-refractivity contribution in [2.45, 2.75) is 18.8 Å². The van der Waals surface area contributed by atoms with E-state index < -0.39 is 0 Å². The van der Waals surface area contributed by atoms with Crippen molar-refractivity contribution >= 4 is 11.6 Å². The molecule has 0 bridgehead atoms. The number of fused-ring (bicyclic) bond motifs is 2.